The first-order valence-electron chi connectivity index (χ1n) is 9.37. The second-order valence-corrected chi connectivity index (χ2v) is 6.65. The Balaban J connectivity index is 1.78. The Labute approximate surface area is 168 Å². The SMILES string of the molecule is CCCNC(=O)COc1ccc(-c2cc(-c3ccc(O)c(C)c3)nc(=O)[nH]2)cc1. The third-order valence-electron chi connectivity index (χ3n) is 4.34. The first kappa shape index (κ1) is 20.1. The van der Waals surface area contributed by atoms with Crippen LogP contribution >= 0.6 is 0 Å². The molecular weight excluding hydrogens is 370 g/mol. The van der Waals surface area contributed by atoms with Gasteiger partial charge in [0.1, 0.15) is 11.5 Å². The van der Waals surface area contributed by atoms with Crippen LogP contribution in [0.15, 0.2) is 53.3 Å². The van der Waals surface area contributed by atoms with Crippen molar-refractivity contribution >= 4 is 5.91 Å². The number of aryl methyl sites for hydroxylation is 1. The normalized spacial score (nSPS) is 10.6. The third kappa shape index (κ3) is 5.22. The van der Waals surface area contributed by atoms with Gasteiger partial charge in [0.05, 0.1) is 11.4 Å². The Hall–Kier alpha value is -3.61. The Kier molecular flexibility index (Phi) is 6.29. The molecule has 0 aliphatic carbocycles. The summed E-state index contributed by atoms with van der Waals surface area (Å²) in [4.78, 5) is 30.4. The van der Waals surface area contributed by atoms with E-state index in [0.717, 1.165) is 17.5 Å². The number of benzene rings is 2. The first-order valence-corrected chi connectivity index (χ1v) is 9.37. The minimum atomic E-state index is -0.462. The molecule has 0 radical (unpaired) electrons. The fraction of sp³-hybridized carbons (Fsp3) is 0.227. The third-order valence-corrected chi connectivity index (χ3v) is 4.34. The summed E-state index contributed by atoms with van der Waals surface area (Å²) in [6, 6.07) is 13.9. The number of carbonyl (C=O) groups excluding carboxylic acids is 1. The van der Waals surface area contributed by atoms with Crippen LogP contribution in [0.25, 0.3) is 22.5 Å². The number of aromatic hydroxyl groups is 1. The fourth-order valence-electron chi connectivity index (χ4n) is 2.77. The largest absolute Gasteiger partial charge is 0.508 e. The van der Waals surface area contributed by atoms with Crippen LogP contribution in [0.4, 0.5) is 0 Å². The van der Waals surface area contributed by atoms with E-state index in [4.69, 9.17) is 4.74 Å². The molecule has 7 heteroatoms. The van der Waals surface area contributed by atoms with Crippen molar-refractivity contribution in [2.75, 3.05) is 13.2 Å². The number of amides is 1. The molecule has 3 N–H and O–H groups in total. The molecule has 150 valence electrons. The zero-order chi connectivity index (χ0) is 20.8. The van der Waals surface area contributed by atoms with E-state index in [0.29, 0.717) is 29.2 Å². The fourth-order valence-corrected chi connectivity index (χ4v) is 2.77. The van der Waals surface area contributed by atoms with Crippen molar-refractivity contribution in [1.29, 1.82) is 0 Å². The molecule has 7 nitrogen and oxygen atoms in total. The molecular formula is C22H23N3O4. The van der Waals surface area contributed by atoms with E-state index in [1.807, 2.05) is 6.92 Å². The molecule has 3 rings (SSSR count). The van der Waals surface area contributed by atoms with Crippen molar-refractivity contribution in [1.82, 2.24) is 15.3 Å². The number of nitrogens with zero attached hydrogens (tertiary/aromatic N) is 1. The van der Waals surface area contributed by atoms with Gasteiger partial charge in [0, 0.05) is 12.1 Å². The number of hydrogen-bond donors (Lipinski definition) is 3. The molecule has 29 heavy (non-hydrogen) atoms. The van der Waals surface area contributed by atoms with Gasteiger partial charge in [-0.1, -0.05) is 6.92 Å². The maximum atomic E-state index is 12.1. The number of ether oxygens (including phenoxy) is 1. The lowest BCUT2D eigenvalue weighted by Crippen LogP contribution is -2.29. The maximum Gasteiger partial charge on any atom is 0.345 e. The summed E-state index contributed by atoms with van der Waals surface area (Å²) in [6.07, 6.45) is 0.871. The van der Waals surface area contributed by atoms with E-state index < -0.39 is 5.69 Å². The first-order chi connectivity index (χ1) is 14.0. The summed E-state index contributed by atoms with van der Waals surface area (Å²) in [5.74, 6) is 0.590. The number of aromatic amines is 1. The summed E-state index contributed by atoms with van der Waals surface area (Å²) in [7, 11) is 0. The Bertz CT molecular complexity index is 1060. The minimum Gasteiger partial charge on any atom is -0.508 e. The lowest BCUT2D eigenvalue weighted by atomic mass is 10.1. The average Bonchev–Trinajstić information content (AvgIpc) is 2.72. The van der Waals surface area contributed by atoms with E-state index in [-0.39, 0.29) is 18.3 Å². The Morgan fingerprint density at radius 2 is 1.86 bits per heavy atom. The van der Waals surface area contributed by atoms with Gasteiger partial charge in [-0.2, -0.15) is 4.98 Å². The highest BCUT2D eigenvalue weighted by molar-refractivity contribution is 5.77. The van der Waals surface area contributed by atoms with Crippen LogP contribution in [-0.4, -0.2) is 34.1 Å². The van der Waals surface area contributed by atoms with Crippen LogP contribution in [0, 0.1) is 6.92 Å². The monoisotopic (exact) mass is 393 g/mol. The minimum absolute atomic E-state index is 0.0458. The number of phenols is 1. The molecule has 1 heterocycles. The summed E-state index contributed by atoms with van der Waals surface area (Å²) in [6.45, 7) is 4.35. The highest BCUT2D eigenvalue weighted by Gasteiger charge is 2.08. The van der Waals surface area contributed by atoms with Crippen LogP contribution in [0.1, 0.15) is 18.9 Å². The number of nitrogens with one attached hydrogen (secondary N) is 2. The molecule has 0 spiro atoms. The number of phenolic OH excluding ortho intramolecular Hbond substituents is 1. The lowest BCUT2D eigenvalue weighted by Gasteiger charge is -2.09. The molecule has 0 fully saturated rings. The van der Waals surface area contributed by atoms with Crippen LogP contribution in [0.5, 0.6) is 11.5 Å². The molecule has 0 bridgehead atoms. The number of aromatic nitrogens is 2. The predicted molar refractivity (Wildman–Crippen MR) is 111 cm³/mol. The summed E-state index contributed by atoms with van der Waals surface area (Å²) >= 11 is 0. The van der Waals surface area contributed by atoms with Crippen molar-refractivity contribution in [3.63, 3.8) is 0 Å². The van der Waals surface area contributed by atoms with Crippen molar-refractivity contribution < 1.29 is 14.6 Å². The Morgan fingerprint density at radius 3 is 2.55 bits per heavy atom. The molecule has 2 aromatic carbocycles. The van der Waals surface area contributed by atoms with Crippen molar-refractivity contribution in [2.24, 2.45) is 0 Å². The van der Waals surface area contributed by atoms with E-state index in [1.165, 1.54) is 0 Å². The number of carbonyl (C=O) groups is 1. The van der Waals surface area contributed by atoms with Gasteiger partial charge >= 0.3 is 5.69 Å². The maximum absolute atomic E-state index is 12.1. The topological polar surface area (TPSA) is 104 Å². The Morgan fingerprint density at radius 1 is 1.14 bits per heavy atom. The standard InChI is InChI=1S/C22H23N3O4/c1-3-10-23-21(27)13-29-17-7-4-15(5-8-17)18-12-19(25-22(28)24-18)16-6-9-20(26)14(2)11-16/h4-9,11-12,26H,3,10,13H2,1-2H3,(H,23,27)(H,24,25,28). The number of hydrogen-bond acceptors (Lipinski definition) is 5. The van der Waals surface area contributed by atoms with Gasteiger partial charge in [0.25, 0.3) is 5.91 Å². The van der Waals surface area contributed by atoms with Crippen molar-refractivity contribution in [3.8, 4) is 34.0 Å². The predicted octanol–water partition coefficient (Wildman–Crippen LogP) is 3.02. The van der Waals surface area contributed by atoms with Gasteiger partial charge in [-0.15, -0.1) is 0 Å². The molecule has 1 amide bonds. The lowest BCUT2D eigenvalue weighted by molar-refractivity contribution is -0.123. The summed E-state index contributed by atoms with van der Waals surface area (Å²) < 4.78 is 5.48. The van der Waals surface area contributed by atoms with Gasteiger partial charge < -0.3 is 20.1 Å². The van der Waals surface area contributed by atoms with Crippen LogP contribution in [0.3, 0.4) is 0 Å². The van der Waals surface area contributed by atoms with Gasteiger partial charge in [-0.3, -0.25) is 4.79 Å². The van der Waals surface area contributed by atoms with Gasteiger partial charge in [-0.05, 0) is 73.0 Å². The molecule has 0 unspecified atom stereocenters. The molecule has 0 saturated carbocycles. The second-order valence-electron chi connectivity index (χ2n) is 6.65. The molecule has 0 atom stereocenters. The highest BCUT2D eigenvalue weighted by atomic mass is 16.5. The molecule has 1 aromatic heterocycles. The summed E-state index contributed by atoms with van der Waals surface area (Å²) in [5.41, 5.74) is 2.89. The van der Waals surface area contributed by atoms with Crippen molar-refractivity contribution in [3.05, 3.63) is 64.6 Å². The molecule has 0 aliphatic heterocycles. The zero-order valence-corrected chi connectivity index (χ0v) is 16.4. The van der Waals surface area contributed by atoms with Gasteiger partial charge in [0.2, 0.25) is 0 Å². The van der Waals surface area contributed by atoms with E-state index in [2.05, 4.69) is 15.3 Å². The van der Waals surface area contributed by atoms with Crippen molar-refractivity contribution in [2.45, 2.75) is 20.3 Å². The zero-order valence-electron chi connectivity index (χ0n) is 16.4. The van der Waals surface area contributed by atoms with E-state index in [9.17, 15) is 14.7 Å². The van der Waals surface area contributed by atoms with Crippen LogP contribution < -0.4 is 15.7 Å². The van der Waals surface area contributed by atoms with E-state index in [1.54, 1.807) is 55.5 Å². The van der Waals surface area contributed by atoms with Gasteiger partial charge in [0.15, 0.2) is 6.61 Å². The quantitative estimate of drug-likeness (QED) is 0.572. The molecule has 0 saturated heterocycles. The van der Waals surface area contributed by atoms with Crippen LogP contribution in [-0.2, 0) is 4.79 Å². The highest BCUT2D eigenvalue weighted by Crippen LogP contribution is 2.26. The number of H-pyrrole nitrogens is 1. The summed E-state index contributed by atoms with van der Waals surface area (Å²) in [5, 5.41) is 12.4. The smallest absolute Gasteiger partial charge is 0.345 e. The molecule has 0 aliphatic rings. The second kappa shape index (κ2) is 9.05. The number of rotatable bonds is 7. The average molecular weight is 393 g/mol. The van der Waals surface area contributed by atoms with Crippen LogP contribution in [0.2, 0.25) is 0 Å². The molecule has 3 aromatic rings. The van der Waals surface area contributed by atoms with Gasteiger partial charge in [-0.25, -0.2) is 4.79 Å². The van der Waals surface area contributed by atoms with E-state index >= 15 is 0 Å².